The van der Waals surface area contributed by atoms with Crippen molar-refractivity contribution in [1.82, 2.24) is 19.9 Å². The number of aryl methyl sites for hydroxylation is 9. The Balaban J connectivity index is 0.000000107. The minimum atomic E-state index is -2.44. The molecule has 12 nitrogen and oxygen atoms in total. The van der Waals surface area contributed by atoms with Gasteiger partial charge in [0, 0.05) is 125 Å². The second-order valence-corrected chi connectivity index (χ2v) is 31.7. The van der Waals surface area contributed by atoms with Crippen LogP contribution in [0.15, 0.2) is 261 Å². The van der Waals surface area contributed by atoms with E-state index in [1.165, 1.54) is 63.0 Å². The van der Waals surface area contributed by atoms with Gasteiger partial charge in [-0.05, 0) is 193 Å². The Morgan fingerprint density at radius 3 is 0.983 bits per heavy atom. The second-order valence-electron chi connectivity index (χ2n) is 31.7. The summed E-state index contributed by atoms with van der Waals surface area (Å²) < 4.78 is 83.0. The number of rotatable bonds is 7. The fourth-order valence-electron chi connectivity index (χ4n) is 17.8. The van der Waals surface area contributed by atoms with Crippen molar-refractivity contribution in [2.45, 2.75) is 124 Å². The summed E-state index contributed by atoms with van der Waals surface area (Å²) in [6.45, 7) is 9.63. The molecule has 1 unspecified atom stereocenters. The highest BCUT2D eigenvalue weighted by atomic mass is 16.4. The molecule has 2 aliphatic carbocycles. The number of aromatic nitrogens is 8. The van der Waals surface area contributed by atoms with Crippen molar-refractivity contribution in [1.29, 1.82) is 0 Å². The molecule has 8 aromatic carbocycles. The summed E-state index contributed by atoms with van der Waals surface area (Å²) in [5, 5.41) is 17.6. The minimum Gasteiger partial charge on any atom is -0.438 e. The van der Waals surface area contributed by atoms with Gasteiger partial charge in [0.25, 0.3) is 0 Å². The molecule has 0 amide bonds. The zero-order valence-electron chi connectivity index (χ0n) is 72.7. The molecule has 12 heteroatoms. The Labute approximate surface area is 677 Å². The molecule has 0 bridgehead atoms. The predicted octanol–water partition coefficient (Wildman–Crippen LogP) is 24.9. The van der Waals surface area contributed by atoms with E-state index in [-0.39, 0.29) is 0 Å². The second kappa shape index (κ2) is 29.6. The van der Waals surface area contributed by atoms with E-state index in [0.29, 0.717) is 28.4 Å². The summed E-state index contributed by atoms with van der Waals surface area (Å²) in [5.74, 6) is -2.64. The highest BCUT2D eigenvalue weighted by molar-refractivity contribution is 6.21. The average Bonchev–Trinajstić information content (AvgIpc) is 1.47. The van der Waals surface area contributed by atoms with E-state index in [4.69, 9.17) is 25.9 Å². The standard InChI is InChI=1S/C28H27N2O.C27H25N2O.C25H23N2O.C23H19N2O/c1-18-14-24-26(31-28-27(24)22-11-7-6-10-21(22)17-29-28)16-23(18)25-15-20(12-13-30(25)2)19-8-4-3-5-9-19;1-17-13-23-25(30-27-26(23)21-10-6-5-9-20(21)16-28-27)15-22(17)24-14-19(11-12-29(24)2)18-7-3-4-8-18;1-15(2)17-9-10-27(4)22(12-17)20-13-23-21(11-16(20)3)24-19-8-6-5-7-18(19)14-26-25(24)28-23;1-14-8-9-25(3)20(10-14)18-12-21-19(11-15(18)2)22-17-7-5-4-6-16(17)13-24-23(22)26-21/h6-7,10-17,19H,3-5,8-9H2,1-2H3;5-6,9-16,18H,3-4,7-8H2,1-2H3;5-15H,1-4H3;4-13H,1-3H3/q4*+1/i19D;18D;1D3,15D;. The van der Waals surface area contributed by atoms with Crippen LogP contribution in [-0.4, -0.2) is 19.9 Å². The summed E-state index contributed by atoms with van der Waals surface area (Å²) in [5.41, 5.74) is 23.2. The van der Waals surface area contributed by atoms with Crippen molar-refractivity contribution in [3.05, 3.63) is 288 Å². The van der Waals surface area contributed by atoms with Crippen LogP contribution < -0.4 is 18.3 Å². The van der Waals surface area contributed by atoms with Crippen LogP contribution in [0.3, 0.4) is 0 Å². The van der Waals surface area contributed by atoms with Gasteiger partial charge in [-0.25, -0.2) is 38.2 Å². The molecule has 12 aromatic heterocycles. The Morgan fingerprint density at radius 1 is 0.348 bits per heavy atom. The third-order valence-electron chi connectivity index (χ3n) is 24.0. The van der Waals surface area contributed by atoms with Crippen LogP contribution in [0.5, 0.6) is 0 Å². The Hall–Kier alpha value is -12.8. The van der Waals surface area contributed by atoms with Gasteiger partial charge in [-0.3, -0.25) is 0 Å². The maximum atomic E-state index is 9.09. The molecule has 2 aliphatic rings. The van der Waals surface area contributed by atoms with E-state index >= 15 is 0 Å². The van der Waals surface area contributed by atoms with Gasteiger partial charge in [0.2, 0.25) is 45.6 Å². The molecule has 115 heavy (non-hydrogen) atoms. The van der Waals surface area contributed by atoms with E-state index < -0.39 is 24.5 Å². The van der Waals surface area contributed by atoms with Crippen LogP contribution in [0, 0.1) is 34.6 Å². The molecule has 566 valence electrons. The Kier molecular flexibility index (Phi) is 16.9. The average molecular weight is 1510 g/mol. The van der Waals surface area contributed by atoms with Gasteiger partial charge in [0.15, 0.2) is 24.8 Å². The number of hydrogen-bond acceptors (Lipinski definition) is 8. The Morgan fingerprint density at radius 2 is 0.643 bits per heavy atom. The lowest BCUT2D eigenvalue weighted by Gasteiger charge is -2.21. The normalized spacial score (nSPS) is 15.5. The molecule has 0 spiro atoms. The van der Waals surface area contributed by atoms with Crippen LogP contribution in [-0.2, 0) is 28.2 Å². The first-order valence-corrected chi connectivity index (χ1v) is 40.1. The maximum absolute atomic E-state index is 9.09. The van der Waals surface area contributed by atoms with Crippen molar-refractivity contribution < 1.29 is 44.2 Å². The molecule has 1 atom stereocenters. The number of pyridine rings is 8. The number of benzene rings is 8. The molecule has 22 rings (SSSR count). The van der Waals surface area contributed by atoms with Crippen LogP contribution in [0.4, 0.5) is 0 Å². The number of hydrogen-bond donors (Lipinski definition) is 0. The highest BCUT2D eigenvalue weighted by Gasteiger charge is 2.28. The van der Waals surface area contributed by atoms with Crippen molar-refractivity contribution in [2.24, 2.45) is 28.2 Å². The lowest BCUT2D eigenvalue weighted by atomic mass is 9.84. The first kappa shape index (κ1) is 65.7. The molecular weight excluding hydrogens is 1410 g/mol. The lowest BCUT2D eigenvalue weighted by Crippen LogP contribution is -2.31. The van der Waals surface area contributed by atoms with Crippen LogP contribution in [0.25, 0.3) is 176 Å². The molecule has 0 aliphatic heterocycles. The molecule has 0 saturated heterocycles. The first-order chi connectivity index (χ1) is 58.3. The predicted molar refractivity (Wildman–Crippen MR) is 467 cm³/mol. The van der Waals surface area contributed by atoms with Crippen LogP contribution >= 0.6 is 0 Å². The number of furan rings is 4. The molecule has 12 heterocycles. The third kappa shape index (κ3) is 13.2. The van der Waals surface area contributed by atoms with Crippen molar-refractivity contribution >= 4 is 131 Å². The van der Waals surface area contributed by atoms with Crippen LogP contribution in [0.2, 0.25) is 0 Å². The lowest BCUT2D eigenvalue weighted by molar-refractivity contribution is -0.660. The van der Waals surface area contributed by atoms with E-state index in [1.54, 1.807) is 18.3 Å². The smallest absolute Gasteiger partial charge is 0.227 e. The van der Waals surface area contributed by atoms with Gasteiger partial charge < -0.3 is 17.7 Å². The number of nitrogens with zero attached hydrogens (tertiary/aromatic N) is 8. The molecule has 0 radical (unpaired) electrons. The van der Waals surface area contributed by atoms with Gasteiger partial charge in [-0.2, -0.15) is 0 Å². The quantitative estimate of drug-likeness (QED) is 0.145. The van der Waals surface area contributed by atoms with Gasteiger partial charge in [-0.1, -0.05) is 143 Å². The van der Waals surface area contributed by atoms with Gasteiger partial charge in [0.05, 0.1) is 43.8 Å². The summed E-state index contributed by atoms with van der Waals surface area (Å²) in [6, 6.07) is 66.8. The van der Waals surface area contributed by atoms with Crippen LogP contribution in [0.1, 0.15) is 142 Å². The largest absolute Gasteiger partial charge is 0.438 e. The van der Waals surface area contributed by atoms with Gasteiger partial charge in [-0.15, -0.1) is 0 Å². The number of fused-ring (bicyclic) bond motifs is 20. The summed E-state index contributed by atoms with van der Waals surface area (Å²) >= 11 is 0. The molecule has 20 aromatic rings. The van der Waals surface area contributed by atoms with E-state index in [2.05, 4.69) is 241 Å². The van der Waals surface area contributed by atoms with Gasteiger partial charge in [0.1, 0.15) is 50.5 Å². The molecule has 0 N–H and O–H groups in total. The van der Waals surface area contributed by atoms with E-state index in [9.17, 15) is 0 Å². The monoisotopic (exact) mass is 1510 g/mol. The zero-order valence-corrected chi connectivity index (χ0v) is 66.7. The first-order valence-electron chi connectivity index (χ1n) is 43.1. The molecule has 2 saturated carbocycles. The van der Waals surface area contributed by atoms with E-state index in [0.717, 1.165) is 194 Å². The highest BCUT2D eigenvalue weighted by Crippen LogP contribution is 2.44. The minimum absolute atomic E-state index is 0.447. The van der Waals surface area contributed by atoms with E-state index in [1.807, 2.05) is 85.8 Å². The van der Waals surface area contributed by atoms with Crippen molar-refractivity contribution in [2.75, 3.05) is 0 Å². The molecular formula is C103H94N8O4+4. The Bertz CT molecular complexity index is 7590. The third-order valence-corrected chi connectivity index (χ3v) is 24.0. The summed E-state index contributed by atoms with van der Waals surface area (Å²) in [6.07, 6.45) is 25.2. The summed E-state index contributed by atoms with van der Waals surface area (Å²) in [7, 11) is 8.13. The topological polar surface area (TPSA) is 120 Å². The zero-order chi connectivity index (χ0) is 83.7. The van der Waals surface area contributed by atoms with Crippen molar-refractivity contribution in [3.63, 3.8) is 0 Å². The molecule has 2 fully saturated rings. The summed E-state index contributed by atoms with van der Waals surface area (Å²) in [4.78, 5) is 18.2. The fourth-order valence-corrected chi connectivity index (χ4v) is 17.8. The SMILES string of the molecule is Cc1cc[n+](C)c(-c2cc3oc4ncc5ccccc5c4c3cc2C)c1.[2H]C([2H])([2H])C([2H])(C)c1cc[n+](C)c(-c2cc3oc4ncc5ccccc5c4c3cc2C)c1.[2H]C1(c2cc[n+](C)c(-c3cc4oc5ncc6ccccc6c5c4cc3C)c2)CCCC1.[2H]C1(c2cc[n+](C)c(-c3cc4oc5ncc6ccccc6c5c4cc3C)c2)CCCCC1. The maximum Gasteiger partial charge on any atom is 0.227 e. The van der Waals surface area contributed by atoms with Gasteiger partial charge >= 0.3 is 0 Å². The van der Waals surface area contributed by atoms with Crippen molar-refractivity contribution in [3.8, 4) is 45.0 Å². The fraction of sp³-hybridized carbons (Fsp3) is 0.223.